The molecule has 2 aromatic carbocycles. The standard InChI is InChI=1S/C27H21F4NO3/c28-23-13-19(10-11-22(23)27(29,30)31)24(33)14-21-15-25(34)26(35)16-32(21)20-9-5-8-18(12-20)17-6-3-1-2-4-7-17/h1-3,5-13,15-16,24,33,35H,4,14H2. The van der Waals surface area contributed by atoms with Gasteiger partial charge >= 0.3 is 6.18 Å². The highest BCUT2D eigenvalue weighted by Crippen LogP contribution is 2.33. The van der Waals surface area contributed by atoms with Gasteiger partial charge < -0.3 is 14.8 Å². The van der Waals surface area contributed by atoms with Crippen LogP contribution >= 0.6 is 0 Å². The zero-order valence-electron chi connectivity index (χ0n) is 18.3. The molecule has 8 heteroatoms. The van der Waals surface area contributed by atoms with E-state index in [1.807, 2.05) is 42.5 Å². The van der Waals surface area contributed by atoms with Crippen molar-refractivity contribution >= 4 is 5.57 Å². The lowest BCUT2D eigenvalue weighted by Crippen LogP contribution is -2.15. The zero-order valence-corrected chi connectivity index (χ0v) is 18.3. The third kappa shape index (κ3) is 5.44. The van der Waals surface area contributed by atoms with E-state index in [9.17, 15) is 32.6 Å². The van der Waals surface area contributed by atoms with E-state index in [1.165, 1.54) is 10.8 Å². The van der Waals surface area contributed by atoms with Gasteiger partial charge in [0.2, 0.25) is 5.43 Å². The molecule has 1 unspecified atom stereocenters. The molecule has 0 radical (unpaired) electrons. The molecule has 2 N–H and O–H groups in total. The van der Waals surface area contributed by atoms with Gasteiger partial charge in [-0.05, 0) is 47.4 Å². The molecule has 35 heavy (non-hydrogen) atoms. The second-order valence-electron chi connectivity index (χ2n) is 8.07. The van der Waals surface area contributed by atoms with Gasteiger partial charge in [0, 0.05) is 23.9 Å². The Kier molecular flexibility index (Phi) is 6.75. The molecule has 0 aliphatic heterocycles. The molecule has 0 spiro atoms. The highest BCUT2D eigenvalue weighted by Gasteiger charge is 2.34. The maximum absolute atomic E-state index is 14.0. The van der Waals surface area contributed by atoms with Crippen molar-refractivity contribution in [3.63, 3.8) is 0 Å². The van der Waals surface area contributed by atoms with Gasteiger partial charge in [-0.15, -0.1) is 0 Å². The van der Waals surface area contributed by atoms with E-state index >= 15 is 0 Å². The fourth-order valence-corrected chi connectivity index (χ4v) is 3.87. The predicted octanol–water partition coefficient (Wildman–Crippen LogP) is 5.88. The van der Waals surface area contributed by atoms with E-state index in [0.717, 1.165) is 29.7 Å². The van der Waals surface area contributed by atoms with Crippen LogP contribution in [0.1, 0.15) is 34.9 Å². The minimum atomic E-state index is -4.85. The molecule has 0 saturated carbocycles. The number of aromatic nitrogens is 1. The number of hydrogen-bond donors (Lipinski definition) is 2. The third-order valence-corrected chi connectivity index (χ3v) is 5.65. The SMILES string of the molecule is O=c1cc(CC(O)c2ccc(C(F)(F)F)c(F)c2)n(-c2cccc(C3=CCC=CC=C3)c2)cc1O. The number of nitrogens with zero attached hydrogens (tertiary/aromatic N) is 1. The second kappa shape index (κ2) is 9.76. The Balaban J connectivity index is 1.70. The Morgan fingerprint density at radius 1 is 1.06 bits per heavy atom. The number of alkyl halides is 3. The smallest absolute Gasteiger partial charge is 0.419 e. The summed E-state index contributed by atoms with van der Waals surface area (Å²) in [6.45, 7) is 0. The first kappa shape index (κ1) is 24.2. The molecule has 0 saturated heterocycles. The summed E-state index contributed by atoms with van der Waals surface area (Å²) in [5.41, 5.74) is 0.552. The maximum Gasteiger partial charge on any atom is 0.419 e. The van der Waals surface area contributed by atoms with Gasteiger partial charge in [0.25, 0.3) is 0 Å². The lowest BCUT2D eigenvalue weighted by atomic mass is 10.0. The number of aliphatic hydroxyl groups excluding tert-OH is 1. The van der Waals surface area contributed by atoms with Crippen molar-refractivity contribution in [2.75, 3.05) is 0 Å². The van der Waals surface area contributed by atoms with E-state index in [0.29, 0.717) is 17.8 Å². The van der Waals surface area contributed by atoms with Crippen LogP contribution in [0.5, 0.6) is 5.75 Å². The number of aromatic hydroxyl groups is 1. The molecule has 1 aliphatic rings. The summed E-state index contributed by atoms with van der Waals surface area (Å²) in [6.07, 6.45) is 5.38. The summed E-state index contributed by atoms with van der Waals surface area (Å²) < 4.78 is 54.1. The van der Waals surface area contributed by atoms with E-state index in [2.05, 4.69) is 0 Å². The lowest BCUT2D eigenvalue weighted by molar-refractivity contribution is -0.140. The number of allylic oxidation sites excluding steroid dienone is 6. The van der Waals surface area contributed by atoms with Crippen molar-refractivity contribution in [1.29, 1.82) is 0 Å². The molecule has 1 aliphatic carbocycles. The Morgan fingerprint density at radius 3 is 2.60 bits per heavy atom. The zero-order chi connectivity index (χ0) is 25.2. The van der Waals surface area contributed by atoms with Crippen LogP contribution in [0.2, 0.25) is 0 Å². The van der Waals surface area contributed by atoms with Crippen LogP contribution in [0.15, 0.2) is 89.9 Å². The van der Waals surface area contributed by atoms with Crippen LogP contribution in [0, 0.1) is 5.82 Å². The molecule has 3 aromatic rings. The van der Waals surface area contributed by atoms with E-state index in [4.69, 9.17) is 0 Å². The van der Waals surface area contributed by atoms with Gasteiger partial charge in [0.05, 0.1) is 17.9 Å². The van der Waals surface area contributed by atoms with E-state index in [-0.39, 0.29) is 17.7 Å². The fraction of sp³-hybridized carbons (Fsp3) is 0.148. The van der Waals surface area contributed by atoms with Gasteiger partial charge in [0.15, 0.2) is 5.75 Å². The van der Waals surface area contributed by atoms with Crippen molar-refractivity contribution < 1.29 is 27.8 Å². The molecule has 0 bridgehead atoms. The Morgan fingerprint density at radius 2 is 1.86 bits per heavy atom. The van der Waals surface area contributed by atoms with Gasteiger partial charge in [-0.25, -0.2) is 4.39 Å². The first-order valence-electron chi connectivity index (χ1n) is 10.8. The van der Waals surface area contributed by atoms with Gasteiger partial charge in [0.1, 0.15) is 5.82 Å². The summed E-state index contributed by atoms with van der Waals surface area (Å²) in [5, 5.41) is 20.7. The molecule has 1 atom stereocenters. The predicted molar refractivity (Wildman–Crippen MR) is 125 cm³/mol. The number of aliphatic hydroxyl groups is 1. The highest BCUT2D eigenvalue weighted by molar-refractivity contribution is 5.76. The topological polar surface area (TPSA) is 62.5 Å². The lowest BCUT2D eigenvalue weighted by Gasteiger charge is -2.19. The van der Waals surface area contributed by atoms with Crippen molar-refractivity contribution in [3.8, 4) is 11.4 Å². The number of benzene rings is 2. The van der Waals surface area contributed by atoms with Crippen LogP contribution in [0.3, 0.4) is 0 Å². The average Bonchev–Trinajstić information content (AvgIpc) is 3.10. The monoisotopic (exact) mass is 483 g/mol. The van der Waals surface area contributed by atoms with Crippen molar-refractivity contribution in [1.82, 2.24) is 4.57 Å². The Labute approximate surface area is 198 Å². The van der Waals surface area contributed by atoms with Gasteiger partial charge in [-0.1, -0.05) is 48.6 Å². The minimum absolute atomic E-state index is 0.0717. The van der Waals surface area contributed by atoms with Crippen molar-refractivity contribution in [2.24, 2.45) is 0 Å². The van der Waals surface area contributed by atoms with Crippen LogP contribution in [-0.4, -0.2) is 14.8 Å². The van der Waals surface area contributed by atoms with Crippen LogP contribution in [-0.2, 0) is 12.6 Å². The minimum Gasteiger partial charge on any atom is -0.503 e. The van der Waals surface area contributed by atoms with E-state index < -0.39 is 34.8 Å². The first-order chi connectivity index (χ1) is 16.6. The Bertz CT molecular complexity index is 1400. The fourth-order valence-electron chi connectivity index (χ4n) is 3.87. The second-order valence-corrected chi connectivity index (χ2v) is 8.07. The molecule has 1 heterocycles. The summed E-state index contributed by atoms with van der Waals surface area (Å²) in [5.74, 6) is -2.00. The van der Waals surface area contributed by atoms with Crippen molar-refractivity contribution in [2.45, 2.75) is 25.1 Å². The van der Waals surface area contributed by atoms with Crippen LogP contribution in [0.4, 0.5) is 17.6 Å². The quantitative estimate of drug-likeness (QED) is 0.446. The van der Waals surface area contributed by atoms with E-state index in [1.54, 1.807) is 12.1 Å². The van der Waals surface area contributed by atoms with Crippen LogP contribution in [0.25, 0.3) is 11.3 Å². The first-order valence-corrected chi connectivity index (χ1v) is 10.8. The molecule has 0 fully saturated rings. The molecular formula is C27H21F4NO3. The summed E-state index contributed by atoms with van der Waals surface area (Å²) in [7, 11) is 0. The molecule has 180 valence electrons. The molecular weight excluding hydrogens is 462 g/mol. The van der Waals surface area contributed by atoms with Crippen LogP contribution < -0.4 is 5.43 Å². The molecule has 0 amide bonds. The maximum atomic E-state index is 14.0. The normalized spacial score (nSPS) is 14.5. The number of rotatable bonds is 5. The highest BCUT2D eigenvalue weighted by atomic mass is 19.4. The summed E-state index contributed by atoms with van der Waals surface area (Å²) in [4.78, 5) is 12.1. The molecule has 4 rings (SSSR count). The molecule has 1 aromatic heterocycles. The number of halogens is 4. The van der Waals surface area contributed by atoms with Gasteiger partial charge in [-0.2, -0.15) is 13.2 Å². The average molecular weight is 483 g/mol. The van der Waals surface area contributed by atoms with Crippen molar-refractivity contribution in [3.05, 3.63) is 124 Å². The molecule has 4 nitrogen and oxygen atoms in total. The summed E-state index contributed by atoms with van der Waals surface area (Å²) >= 11 is 0. The van der Waals surface area contributed by atoms with Gasteiger partial charge in [-0.3, -0.25) is 4.79 Å². The number of hydrogen-bond acceptors (Lipinski definition) is 3. The Hall–Kier alpha value is -3.91. The number of pyridine rings is 1. The summed E-state index contributed by atoms with van der Waals surface area (Å²) in [6, 6.07) is 10.7. The third-order valence-electron chi connectivity index (χ3n) is 5.65. The largest absolute Gasteiger partial charge is 0.503 e.